The van der Waals surface area contributed by atoms with Crippen LogP contribution in [0.15, 0.2) is 84.9 Å². The first kappa shape index (κ1) is 13.6. The van der Waals surface area contributed by atoms with Crippen LogP contribution in [0.5, 0.6) is 0 Å². The summed E-state index contributed by atoms with van der Waals surface area (Å²) in [7, 11) is 0. The van der Waals surface area contributed by atoms with Gasteiger partial charge < -0.3 is 0 Å². The van der Waals surface area contributed by atoms with Crippen LogP contribution in [-0.4, -0.2) is 0 Å². The van der Waals surface area contributed by atoms with E-state index in [1.807, 2.05) is 12.1 Å². The third kappa shape index (κ3) is 2.44. The topological polar surface area (TPSA) is 0 Å². The van der Waals surface area contributed by atoms with E-state index in [0.29, 0.717) is 17.8 Å². The van der Waals surface area contributed by atoms with E-state index in [1.165, 1.54) is 16.7 Å². The molecule has 1 aliphatic carbocycles. The third-order valence-corrected chi connectivity index (χ3v) is 4.90. The van der Waals surface area contributed by atoms with Crippen molar-refractivity contribution in [3.8, 4) is 0 Å². The summed E-state index contributed by atoms with van der Waals surface area (Å²) >= 11 is 6.04. The average Bonchev–Trinajstić information content (AvgIpc) is 3.33. The van der Waals surface area contributed by atoms with E-state index in [1.54, 1.807) is 0 Å². The van der Waals surface area contributed by atoms with Gasteiger partial charge in [-0.05, 0) is 46.6 Å². The zero-order valence-electron chi connectivity index (χ0n) is 12.2. The Morgan fingerprint density at radius 1 is 0.455 bits per heavy atom. The molecule has 1 heteroatoms. The highest BCUT2D eigenvalue weighted by Crippen LogP contribution is 2.66. The minimum absolute atomic E-state index is 0.544. The molecule has 3 aromatic rings. The van der Waals surface area contributed by atoms with E-state index in [0.717, 1.165) is 5.02 Å². The summed E-state index contributed by atoms with van der Waals surface area (Å²) in [6, 6.07) is 30.0. The average molecular weight is 305 g/mol. The summed E-state index contributed by atoms with van der Waals surface area (Å²) in [6.45, 7) is 0. The Hall–Kier alpha value is -2.05. The van der Waals surface area contributed by atoms with Crippen molar-refractivity contribution in [2.75, 3.05) is 0 Å². The maximum Gasteiger partial charge on any atom is 0.0406 e. The van der Waals surface area contributed by atoms with Gasteiger partial charge in [-0.25, -0.2) is 0 Å². The Bertz CT molecular complexity index is 701. The Morgan fingerprint density at radius 2 is 0.818 bits per heavy atom. The molecule has 1 aliphatic rings. The Balaban J connectivity index is 1.73. The highest BCUT2D eigenvalue weighted by Gasteiger charge is 2.52. The van der Waals surface area contributed by atoms with Crippen molar-refractivity contribution in [3.05, 3.63) is 107 Å². The molecule has 0 bridgehead atoms. The number of halogens is 1. The molecule has 3 aromatic carbocycles. The van der Waals surface area contributed by atoms with E-state index < -0.39 is 0 Å². The number of hydrogen-bond donors (Lipinski definition) is 0. The number of benzene rings is 3. The summed E-state index contributed by atoms with van der Waals surface area (Å²) in [6.07, 6.45) is 0. The second kappa shape index (κ2) is 5.62. The fraction of sp³-hybridized carbons (Fsp3) is 0.143. The van der Waals surface area contributed by atoms with E-state index in [-0.39, 0.29) is 0 Å². The Morgan fingerprint density at radius 3 is 1.23 bits per heavy atom. The summed E-state index contributed by atoms with van der Waals surface area (Å²) in [4.78, 5) is 0. The van der Waals surface area contributed by atoms with E-state index in [9.17, 15) is 0 Å². The van der Waals surface area contributed by atoms with Gasteiger partial charge >= 0.3 is 0 Å². The smallest absolute Gasteiger partial charge is 0.0406 e. The van der Waals surface area contributed by atoms with Crippen LogP contribution >= 0.6 is 11.6 Å². The molecular weight excluding hydrogens is 288 g/mol. The van der Waals surface area contributed by atoms with E-state index >= 15 is 0 Å². The first-order valence-corrected chi connectivity index (χ1v) is 8.08. The molecule has 1 fully saturated rings. The minimum Gasteiger partial charge on any atom is -0.0843 e. The van der Waals surface area contributed by atoms with Crippen LogP contribution in [0.2, 0.25) is 5.02 Å². The van der Waals surface area contributed by atoms with Gasteiger partial charge in [-0.1, -0.05) is 84.4 Å². The van der Waals surface area contributed by atoms with Gasteiger partial charge in [0.05, 0.1) is 0 Å². The quantitative estimate of drug-likeness (QED) is 0.556. The van der Waals surface area contributed by atoms with Gasteiger partial charge in [-0.3, -0.25) is 0 Å². The lowest BCUT2D eigenvalue weighted by Crippen LogP contribution is -1.83. The molecule has 4 rings (SSSR count). The standard InChI is InChI=1S/C21H17Cl/c22-18-13-11-17(12-14-18)21-19(15-7-3-1-4-8-15)20(21)16-9-5-2-6-10-16/h1-14,19-21H/t19-,20-/m0/s1. The van der Waals surface area contributed by atoms with Crippen LogP contribution < -0.4 is 0 Å². The Kier molecular flexibility index (Phi) is 3.48. The fourth-order valence-electron chi connectivity index (χ4n) is 3.59. The van der Waals surface area contributed by atoms with Crippen LogP contribution in [0.4, 0.5) is 0 Å². The maximum atomic E-state index is 6.04. The van der Waals surface area contributed by atoms with Gasteiger partial charge in [-0.2, -0.15) is 0 Å². The van der Waals surface area contributed by atoms with Crippen molar-refractivity contribution in [3.63, 3.8) is 0 Å². The molecule has 0 amide bonds. The van der Waals surface area contributed by atoms with Crippen LogP contribution in [0.1, 0.15) is 34.4 Å². The molecule has 0 unspecified atom stereocenters. The van der Waals surface area contributed by atoms with Crippen LogP contribution in [0.3, 0.4) is 0 Å². The molecule has 0 aromatic heterocycles. The maximum absolute atomic E-state index is 6.04. The van der Waals surface area contributed by atoms with E-state index in [4.69, 9.17) is 11.6 Å². The SMILES string of the molecule is Clc1ccc(C2[C@@H](c3ccccc3)[C@@H]2c2ccccc2)cc1. The fourth-order valence-corrected chi connectivity index (χ4v) is 3.72. The second-order valence-corrected chi connectivity index (χ2v) is 6.39. The molecule has 0 spiro atoms. The molecule has 108 valence electrons. The second-order valence-electron chi connectivity index (χ2n) is 5.95. The highest BCUT2D eigenvalue weighted by molar-refractivity contribution is 6.30. The lowest BCUT2D eigenvalue weighted by molar-refractivity contribution is 1.03. The molecule has 1 saturated carbocycles. The third-order valence-electron chi connectivity index (χ3n) is 4.64. The molecule has 2 atom stereocenters. The number of hydrogen-bond acceptors (Lipinski definition) is 0. The first-order valence-electron chi connectivity index (χ1n) is 7.70. The lowest BCUT2D eigenvalue weighted by Gasteiger charge is -2.01. The van der Waals surface area contributed by atoms with Gasteiger partial charge in [0.2, 0.25) is 0 Å². The van der Waals surface area contributed by atoms with Crippen molar-refractivity contribution >= 4 is 11.6 Å². The van der Waals surface area contributed by atoms with Crippen molar-refractivity contribution in [1.29, 1.82) is 0 Å². The molecule has 0 radical (unpaired) electrons. The van der Waals surface area contributed by atoms with Gasteiger partial charge in [0, 0.05) is 5.02 Å². The van der Waals surface area contributed by atoms with Gasteiger partial charge in [-0.15, -0.1) is 0 Å². The van der Waals surface area contributed by atoms with Crippen molar-refractivity contribution in [2.45, 2.75) is 17.8 Å². The highest BCUT2D eigenvalue weighted by atomic mass is 35.5. The molecule has 22 heavy (non-hydrogen) atoms. The van der Waals surface area contributed by atoms with Crippen molar-refractivity contribution in [2.24, 2.45) is 0 Å². The molecule has 0 aliphatic heterocycles. The normalized spacial score (nSPS) is 23.2. The predicted molar refractivity (Wildman–Crippen MR) is 92.6 cm³/mol. The van der Waals surface area contributed by atoms with Gasteiger partial charge in [0.25, 0.3) is 0 Å². The summed E-state index contributed by atoms with van der Waals surface area (Å²) in [5, 5.41) is 0.803. The van der Waals surface area contributed by atoms with Crippen molar-refractivity contribution in [1.82, 2.24) is 0 Å². The van der Waals surface area contributed by atoms with Crippen LogP contribution in [0.25, 0.3) is 0 Å². The summed E-state index contributed by atoms with van der Waals surface area (Å²) < 4.78 is 0. The predicted octanol–water partition coefficient (Wildman–Crippen LogP) is 6.00. The van der Waals surface area contributed by atoms with Gasteiger partial charge in [0.1, 0.15) is 0 Å². The first-order chi connectivity index (χ1) is 10.8. The minimum atomic E-state index is 0.544. The van der Waals surface area contributed by atoms with Crippen LogP contribution in [-0.2, 0) is 0 Å². The Labute approximate surface area is 136 Å². The molecule has 0 nitrogen and oxygen atoms in total. The molecule has 0 heterocycles. The summed E-state index contributed by atoms with van der Waals surface area (Å²) in [5.41, 5.74) is 4.24. The largest absolute Gasteiger partial charge is 0.0843 e. The monoisotopic (exact) mass is 304 g/mol. The van der Waals surface area contributed by atoms with Crippen molar-refractivity contribution < 1.29 is 0 Å². The molecular formula is C21H17Cl. The zero-order chi connectivity index (χ0) is 14.9. The zero-order valence-corrected chi connectivity index (χ0v) is 12.9. The molecule has 0 saturated heterocycles. The van der Waals surface area contributed by atoms with E-state index in [2.05, 4.69) is 72.8 Å². The van der Waals surface area contributed by atoms with Crippen LogP contribution in [0, 0.1) is 0 Å². The lowest BCUT2D eigenvalue weighted by atomic mass is 10.0. The summed E-state index contributed by atoms with van der Waals surface area (Å²) in [5.74, 6) is 1.66. The van der Waals surface area contributed by atoms with Gasteiger partial charge in [0.15, 0.2) is 0 Å². The molecule has 0 N–H and O–H groups in total. The number of rotatable bonds is 3.